The van der Waals surface area contributed by atoms with Gasteiger partial charge in [0.1, 0.15) is 0 Å². The van der Waals surface area contributed by atoms with Gasteiger partial charge in [-0.05, 0) is 37.8 Å². The number of β-amino-alcohol motifs (C(OH)–C–C–N with tert-alkyl or cyclic N) is 1. The third-order valence-electron chi connectivity index (χ3n) is 5.09. The summed E-state index contributed by atoms with van der Waals surface area (Å²) in [5, 5.41) is 13.9. The molecular weight excluding hydrogens is 236 g/mol. The minimum atomic E-state index is -0.382. The largest absolute Gasteiger partial charge is 0.387 e. The Hall–Kier alpha value is -0.900. The molecule has 0 aliphatic carbocycles. The topological polar surface area (TPSA) is 35.5 Å². The maximum Gasteiger partial charge on any atom is 0.0917 e. The lowest BCUT2D eigenvalue weighted by Gasteiger charge is -2.36. The van der Waals surface area contributed by atoms with Crippen LogP contribution in [-0.4, -0.2) is 41.7 Å². The van der Waals surface area contributed by atoms with Gasteiger partial charge in [-0.15, -0.1) is 0 Å². The van der Waals surface area contributed by atoms with E-state index in [1.807, 2.05) is 30.3 Å². The molecular formula is C16H24N2O. The summed E-state index contributed by atoms with van der Waals surface area (Å²) in [5.74, 6) is 1.47. The first kappa shape index (κ1) is 13.1. The van der Waals surface area contributed by atoms with E-state index in [1.54, 1.807) is 0 Å². The number of nitrogens with one attached hydrogen (secondary N) is 1. The highest BCUT2D eigenvalue weighted by Crippen LogP contribution is 2.41. The van der Waals surface area contributed by atoms with Crippen molar-refractivity contribution in [3.05, 3.63) is 35.9 Å². The average Bonchev–Trinajstić information content (AvgIpc) is 2.95. The van der Waals surface area contributed by atoms with Gasteiger partial charge < -0.3 is 10.4 Å². The van der Waals surface area contributed by atoms with Crippen LogP contribution in [0, 0.1) is 11.8 Å². The lowest BCUT2D eigenvalue weighted by molar-refractivity contribution is 0.0638. The molecule has 2 N–H and O–H groups in total. The molecule has 3 nitrogen and oxygen atoms in total. The number of hydrogen-bond acceptors (Lipinski definition) is 3. The van der Waals surface area contributed by atoms with E-state index in [0.717, 1.165) is 43.6 Å². The van der Waals surface area contributed by atoms with E-state index < -0.39 is 0 Å². The van der Waals surface area contributed by atoms with E-state index in [4.69, 9.17) is 0 Å². The Bertz CT molecular complexity index is 432. The second kappa shape index (κ2) is 4.89. The van der Waals surface area contributed by atoms with Gasteiger partial charge in [0.05, 0.1) is 6.10 Å². The van der Waals surface area contributed by atoms with Gasteiger partial charge in [-0.1, -0.05) is 30.3 Å². The summed E-state index contributed by atoms with van der Waals surface area (Å²) < 4.78 is 0. The summed E-state index contributed by atoms with van der Waals surface area (Å²) in [6, 6.07) is 10.00. The molecule has 0 bridgehead atoms. The van der Waals surface area contributed by atoms with Crippen molar-refractivity contribution < 1.29 is 5.11 Å². The summed E-state index contributed by atoms with van der Waals surface area (Å²) >= 11 is 0. The molecule has 0 spiro atoms. The highest BCUT2D eigenvalue weighted by Gasteiger charge is 2.49. The number of hydrogen-bond donors (Lipinski definition) is 2. The molecule has 0 aromatic heterocycles. The van der Waals surface area contributed by atoms with Crippen LogP contribution in [0.5, 0.6) is 0 Å². The summed E-state index contributed by atoms with van der Waals surface area (Å²) in [4.78, 5) is 2.47. The summed E-state index contributed by atoms with van der Waals surface area (Å²) in [5.41, 5.74) is 1.21. The third kappa shape index (κ3) is 2.31. The van der Waals surface area contributed by atoms with Gasteiger partial charge in [0, 0.05) is 25.2 Å². The molecule has 2 saturated heterocycles. The molecule has 19 heavy (non-hydrogen) atoms. The fourth-order valence-electron chi connectivity index (χ4n) is 3.80. The zero-order valence-corrected chi connectivity index (χ0v) is 11.8. The molecule has 3 unspecified atom stereocenters. The number of aliphatic hydroxyl groups excluding tert-OH is 1. The Kier molecular flexibility index (Phi) is 3.37. The van der Waals surface area contributed by atoms with Gasteiger partial charge in [0.2, 0.25) is 0 Å². The van der Waals surface area contributed by atoms with Crippen LogP contribution in [0.3, 0.4) is 0 Å². The van der Waals surface area contributed by atoms with Crippen molar-refractivity contribution >= 4 is 0 Å². The van der Waals surface area contributed by atoms with Crippen LogP contribution in [0.1, 0.15) is 25.5 Å². The Morgan fingerprint density at radius 2 is 2.05 bits per heavy atom. The van der Waals surface area contributed by atoms with E-state index >= 15 is 0 Å². The fraction of sp³-hybridized carbons (Fsp3) is 0.625. The quantitative estimate of drug-likeness (QED) is 0.867. The molecule has 0 radical (unpaired) electrons. The van der Waals surface area contributed by atoms with E-state index in [-0.39, 0.29) is 11.6 Å². The molecule has 2 aliphatic heterocycles. The van der Waals surface area contributed by atoms with Crippen molar-refractivity contribution in [2.24, 2.45) is 11.8 Å². The SMILES string of the molecule is CC1(C)C2CNCC2CN1CC(O)c1ccccc1. The molecule has 3 heteroatoms. The van der Waals surface area contributed by atoms with E-state index in [1.165, 1.54) is 0 Å². The van der Waals surface area contributed by atoms with Gasteiger partial charge in [0.15, 0.2) is 0 Å². The first-order chi connectivity index (χ1) is 9.09. The number of nitrogens with zero attached hydrogens (tertiary/aromatic N) is 1. The van der Waals surface area contributed by atoms with Crippen molar-refractivity contribution in [1.29, 1.82) is 0 Å². The second-order valence-electron chi connectivity index (χ2n) is 6.51. The Morgan fingerprint density at radius 3 is 2.74 bits per heavy atom. The van der Waals surface area contributed by atoms with Crippen LogP contribution < -0.4 is 5.32 Å². The molecule has 3 rings (SSSR count). The molecule has 0 saturated carbocycles. The predicted octanol–water partition coefficient (Wildman–Crippen LogP) is 1.65. The molecule has 2 fully saturated rings. The van der Waals surface area contributed by atoms with Crippen LogP contribution in [0.4, 0.5) is 0 Å². The van der Waals surface area contributed by atoms with Crippen molar-refractivity contribution in [3.63, 3.8) is 0 Å². The van der Waals surface area contributed by atoms with E-state index in [2.05, 4.69) is 24.1 Å². The lowest BCUT2D eigenvalue weighted by Crippen LogP contribution is -2.46. The average molecular weight is 260 g/mol. The van der Waals surface area contributed by atoms with Gasteiger partial charge in [-0.3, -0.25) is 4.90 Å². The van der Waals surface area contributed by atoms with Crippen molar-refractivity contribution in [1.82, 2.24) is 10.2 Å². The number of benzene rings is 1. The Labute approximate surface area is 115 Å². The van der Waals surface area contributed by atoms with Crippen molar-refractivity contribution in [2.45, 2.75) is 25.5 Å². The molecule has 3 atom stereocenters. The van der Waals surface area contributed by atoms with E-state index in [0.29, 0.717) is 0 Å². The lowest BCUT2D eigenvalue weighted by atomic mass is 9.85. The number of aliphatic hydroxyl groups is 1. The van der Waals surface area contributed by atoms with Gasteiger partial charge in [-0.25, -0.2) is 0 Å². The normalized spacial score (nSPS) is 31.3. The maximum atomic E-state index is 10.4. The molecule has 1 aromatic carbocycles. The zero-order chi connectivity index (χ0) is 13.5. The van der Waals surface area contributed by atoms with Crippen LogP contribution in [0.2, 0.25) is 0 Å². The first-order valence-corrected chi connectivity index (χ1v) is 7.28. The monoisotopic (exact) mass is 260 g/mol. The highest BCUT2D eigenvalue weighted by molar-refractivity contribution is 5.18. The molecule has 1 aromatic rings. The van der Waals surface area contributed by atoms with Crippen LogP contribution in [-0.2, 0) is 0 Å². The standard InChI is InChI=1S/C16H24N2O/c1-16(2)14-9-17-8-13(14)10-18(16)11-15(19)12-6-4-3-5-7-12/h3-7,13-15,17,19H,8-11H2,1-2H3. The van der Waals surface area contributed by atoms with Gasteiger partial charge in [-0.2, -0.15) is 0 Å². The molecule has 0 amide bonds. The fourth-order valence-corrected chi connectivity index (χ4v) is 3.80. The second-order valence-corrected chi connectivity index (χ2v) is 6.51. The van der Waals surface area contributed by atoms with Crippen molar-refractivity contribution in [3.8, 4) is 0 Å². The zero-order valence-electron chi connectivity index (χ0n) is 11.8. The van der Waals surface area contributed by atoms with Crippen LogP contribution >= 0.6 is 0 Å². The summed E-state index contributed by atoms with van der Waals surface area (Å²) in [6.07, 6.45) is -0.382. The Balaban J connectivity index is 1.70. The number of likely N-dealkylation sites (tertiary alicyclic amines) is 1. The predicted molar refractivity (Wildman–Crippen MR) is 76.9 cm³/mol. The van der Waals surface area contributed by atoms with Gasteiger partial charge in [0.25, 0.3) is 0 Å². The third-order valence-corrected chi connectivity index (χ3v) is 5.09. The smallest absolute Gasteiger partial charge is 0.0917 e. The minimum Gasteiger partial charge on any atom is -0.387 e. The van der Waals surface area contributed by atoms with Crippen LogP contribution in [0.25, 0.3) is 0 Å². The maximum absolute atomic E-state index is 10.4. The van der Waals surface area contributed by atoms with Gasteiger partial charge >= 0.3 is 0 Å². The van der Waals surface area contributed by atoms with E-state index in [9.17, 15) is 5.11 Å². The molecule has 2 heterocycles. The Morgan fingerprint density at radius 1 is 1.32 bits per heavy atom. The molecule has 2 aliphatic rings. The number of rotatable bonds is 3. The van der Waals surface area contributed by atoms with Crippen LogP contribution in [0.15, 0.2) is 30.3 Å². The highest BCUT2D eigenvalue weighted by atomic mass is 16.3. The van der Waals surface area contributed by atoms with Crippen molar-refractivity contribution in [2.75, 3.05) is 26.2 Å². The summed E-state index contributed by atoms with van der Waals surface area (Å²) in [6.45, 7) is 8.74. The number of fused-ring (bicyclic) bond motifs is 1. The minimum absolute atomic E-state index is 0.184. The molecule has 104 valence electrons. The summed E-state index contributed by atoms with van der Waals surface area (Å²) in [7, 11) is 0. The first-order valence-electron chi connectivity index (χ1n) is 7.28.